The van der Waals surface area contributed by atoms with Crippen molar-refractivity contribution in [2.45, 2.75) is 51.6 Å². The Bertz CT molecular complexity index is 297. The summed E-state index contributed by atoms with van der Waals surface area (Å²) in [5.74, 6) is 0. The van der Waals surface area contributed by atoms with Crippen LogP contribution in [0.15, 0.2) is 6.07 Å². The third kappa shape index (κ3) is 1.69. The fourth-order valence-corrected chi connectivity index (χ4v) is 2.32. The van der Waals surface area contributed by atoms with Crippen LogP contribution >= 0.6 is 0 Å². The summed E-state index contributed by atoms with van der Waals surface area (Å²) in [5.41, 5.74) is 7.99. The zero-order valence-electron chi connectivity index (χ0n) is 8.87. The maximum Gasteiger partial charge on any atom is 0.0763 e. The lowest BCUT2D eigenvalue weighted by atomic mass is 10.2. The van der Waals surface area contributed by atoms with Crippen LogP contribution in [-0.2, 0) is 13.0 Å². The Morgan fingerprint density at radius 3 is 2.79 bits per heavy atom. The van der Waals surface area contributed by atoms with Gasteiger partial charge in [-0.1, -0.05) is 19.8 Å². The number of nitrogens with two attached hydrogens (primary N) is 1. The lowest BCUT2D eigenvalue weighted by molar-refractivity contribution is 0.448. The monoisotopic (exact) mass is 193 g/mol. The number of hydrogen-bond acceptors (Lipinski definition) is 2. The lowest BCUT2D eigenvalue weighted by Gasteiger charge is -2.12. The van der Waals surface area contributed by atoms with Crippen molar-refractivity contribution in [3.05, 3.63) is 17.5 Å². The van der Waals surface area contributed by atoms with Crippen molar-refractivity contribution in [1.29, 1.82) is 0 Å². The molecule has 0 aromatic carbocycles. The Hall–Kier alpha value is -0.830. The van der Waals surface area contributed by atoms with Crippen LogP contribution in [-0.4, -0.2) is 9.78 Å². The van der Waals surface area contributed by atoms with E-state index in [1.807, 2.05) is 0 Å². The highest BCUT2D eigenvalue weighted by Gasteiger charge is 2.20. The van der Waals surface area contributed by atoms with Gasteiger partial charge in [-0.25, -0.2) is 0 Å². The van der Waals surface area contributed by atoms with Crippen molar-refractivity contribution < 1.29 is 0 Å². The van der Waals surface area contributed by atoms with Crippen molar-refractivity contribution >= 4 is 0 Å². The van der Waals surface area contributed by atoms with E-state index < -0.39 is 0 Å². The van der Waals surface area contributed by atoms with Gasteiger partial charge in [-0.2, -0.15) is 5.10 Å². The van der Waals surface area contributed by atoms with Crippen LogP contribution in [0, 0.1) is 0 Å². The smallest absolute Gasteiger partial charge is 0.0763 e. The van der Waals surface area contributed by atoms with Gasteiger partial charge in [-0.05, 0) is 25.3 Å². The minimum atomic E-state index is 0.562. The molecule has 1 aromatic heterocycles. The Kier molecular flexibility index (Phi) is 2.87. The molecule has 0 unspecified atom stereocenters. The first-order valence-electron chi connectivity index (χ1n) is 5.62. The van der Waals surface area contributed by atoms with Gasteiger partial charge in [0.1, 0.15) is 0 Å². The number of rotatable bonds is 3. The van der Waals surface area contributed by atoms with E-state index in [2.05, 4.69) is 22.8 Å². The second-order valence-electron chi connectivity index (χ2n) is 4.07. The quantitative estimate of drug-likeness (QED) is 0.798. The van der Waals surface area contributed by atoms with Crippen LogP contribution in [0.1, 0.15) is 50.0 Å². The molecule has 2 N–H and O–H groups in total. The fraction of sp³-hybridized carbons (Fsp3) is 0.727. The van der Waals surface area contributed by atoms with Gasteiger partial charge in [0.25, 0.3) is 0 Å². The Labute approximate surface area is 85.3 Å². The largest absolute Gasteiger partial charge is 0.325 e. The van der Waals surface area contributed by atoms with Crippen LogP contribution in [0.4, 0.5) is 0 Å². The highest BCUT2D eigenvalue weighted by Crippen LogP contribution is 2.30. The molecule has 2 rings (SSSR count). The van der Waals surface area contributed by atoms with Crippen molar-refractivity contribution in [2.24, 2.45) is 5.73 Å². The van der Waals surface area contributed by atoms with Crippen LogP contribution < -0.4 is 5.73 Å². The van der Waals surface area contributed by atoms with Crippen LogP contribution in [0.2, 0.25) is 0 Å². The minimum Gasteiger partial charge on any atom is -0.325 e. The van der Waals surface area contributed by atoms with Gasteiger partial charge in [0.05, 0.1) is 11.7 Å². The summed E-state index contributed by atoms with van der Waals surface area (Å²) in [5, 5.41) is 4.57. The Balaban J connectivity index is 2.25. The van der Waals surface area contributed by atoms with Gasteiger partial charge in [0.15, 0.2) is 0 Å². The van der Waals surface area contributed by atoms with Gasteiger partial charge >= 0.3 is 0 Å². The molecule has 14 heavy (non-hydrogen) atoms. The Morgan fingerprint density at radius 2 is 2.21 bits per heavy atom. The van der Waals surface area contributed by atoms with E-state index in [0.29, 0.717) is 12.6 Å². The summed E-state index contributed by atoms with van der Waals surface area (Å²) in [6.07, 6.45) is 6.35. The maximum atomic E-state index is 5.61. The first kappa shape index (κ1) is 9.71. The highest BCUT2D eigenvalue weighted by molar-refractivity contribution is 5.11. The van der Waals surface area contributed by atoms with Crippen molar-refractivity contribution in [3.8, 4) is 0 Å². The van der Waals surface area contributed by atoms with Gasteiger partial charge in [-0.15, -0.1) is 0 Å². The molecule has 1 aromatic rings. The molecule has 78 valence electrons. The van der Waals surface area contributed by atoms with Crippen LogP contribution in [0.3, 0.4) is 0 Å². The first-order valence-corrected chi connectivity index (χ1v) is 5.62. The summed E-state index contributed by atoms with van der Waals surface area (Å²) in [7, 11) is 0. The summed E-state index contributed by atoms with van der Waals surface area (Å²) in [6, 6.07) is 2.79. The van der Waals surface area contributed by atoms with E-state index in [4.69, 9.17) is 5.73 Å². The zero-order chi connectivity index (χ0) is 9.97. The van der Waals surface area contributed by atoms with E-state index in [1.54, 1.807) is 0 Å². The van der Waals surface area contributed by atoms with E-state index in [-0.39, 0.29) is 0 Å². The van der Waals surface area contributed by atoms with Crippen LogP contribution in [0.5, 0.6) is 0 Å². The number of aromatic nitrogens is 2. The zero-order valence-corrected chi connectivity index (χ0v) is 8.87. The van der Waals surface area contributed by atoms with Crippen molar-refractivity contribution in [3.63, 3.8) is 0 Å². The molecule has 0 spiro atoms. The third-order valence-electron chi connectivity index (χ3n) is 3.11. The summed E-state index contributed by atoms with van der Waals surface area (Å²) in [4.78, 5) is 0. The maximum absolute atomic E-state index is 5.61. The van der Waals surface area contributed by atoms with E-state index >= 15 is 0 Å². The average Bonchev–Trinajstić information content (AvgIpc) is 2.85. The topological polar surface area (TPSA) is 43.8 Å². The van der Waals surface area contributed by atoms with Gasteiger partial charge < -0.3 is 5.73 Å². The number of nitrogens with zero attached hydrogens (tertiary/aromatic N) is 2. The summed E-state index contributed by atoms with van der Waals surface area (Å²) >= 11 is 0. The van der Waals surface area contributed by atoms with E-state index in [9.17, 15) is 0 Å². The second kappa shape index (κ2) is 4.13. The third-order valence-corrected chi connectivity index (χ3v) is 3.11. The fourth-order valence-electron chi connectivity index (χ4n) is 2.32. The molecule has 0 atom stereocenters. The molecule has 0 amide bonds. The normalized spacial score (nSPS) is 17.9. The molecule has 3 heteroatoms. The highest BCUT2D eigenvalue weighted by atomic mass is 15.3. The molecule has 0 aliphatic heterocycles. The van der Waals surface area contributed by atoms with Crippen LogP contribution in [0.25, 0.3) is 0 Å². The molecule has 0 saturated heterocycles. The molecular weight excluding hydrogens is 174 g/mol. The number of hydrogen-bond donors (Lipinski definition) is 1. The molecule has 1 heterocycles. The first-order chi connectivity index (χ1) is 6.85. The molecule has 1 saturated carbocycles. The standard InChI is InChI=1S/C11H19N3/c1-2-10-7-9(8-12)13-14(10)11-5-3-4-6-11/h7,11H,2-6,8,12H2,1H3. The minimum absolute atomic E-state index is 0.562. The van der Waals surface area contributed by atoms with Crippen molar-refractivity contribution in [2.75, 3.05) is 0 Å². The van der Waals surface area contributed by atoms with E-state index in [0.717, 1.165) is 12.1 Å². The van der Waals surface area contributed by atoms with Gasteiger partial charge in [0, 0.05) is 12.2 Å². The molecule has 3 nitrogen and oxygen atoms in total. The number of aryl methyl sites for hydroxylation is 1. The Morgan fingerprint density at radius 1 is 1.50 bits per heavy atom. The van der Waals surface area contributed by atoms with Gasteiger partial charge in [0.2, 0.25) is 0 Å². The molecule has 1 aliphatic rings. The van der Waals surface area contributed by atoms with Gasteiger partial charge in [-0.3, -0.25) is 4.68 Å². The lowest BCUT2D eigenvalue weighted by Crippen LogP contribution is -2.10. The summed E-state index contributed by atoms with van der Waals surface area (Å²) in [6.45, 7) is 2.75. The second-order valence-corrected chi connectivity index (χ2v) is 4.07. The molecule has 1 fully saturated rings. The summed E-state index contributed by atoms with van der Waals surface area (Å²) < 4.78 is 2.22. The molecule has 0 bridgehead atoms. The predicted octanol–water partition coefficient (Wildman–Crippen LogP) is 2.02. The molecule has 0 radical (unpaired) electrons. The average molecular weight is 193 g/mol. The van der Waals surface area contributed by atoms with Crippen molar-refractivity contribution in [1.82, 2.24) is 9.78 Å². The van der Waals surface area contributed by atoms with E-state index in [1.165, 1.54) is 31.4 Å². The predicted molar refractivity (Wildman–Crippen MR) is 57.0 cm³/mol. The SMILES string of the molecule is CCc1cc(CN)nn1C1CCCC1. The molecule has 1 aliphatic carbocycles. The molecular formula is C11H19N3.